The second-order valence-electron chi connectivity index (χ2n) is 7.58. The number of carboxylic acids is 3. The van der Waals surface area contributed by atoms with Crippen molar-refractivity contribution in [2.45, 2.75) is 50.2 Å². The summed E-state index contributed by atoms with van der Waals surface area (Å²) in [4.78, 5) is 46.5. The molecule has 1 amide bonds. The number of amides is 1. The molecule has 0 saturated carbocycles. The highest BCUT2D eigenvalue weighted by Gasteiger charge is 2.27. The average molecular weight is 451 g/mol. The molecule has 0 saturated heterocycles. The van der Waals surface area contributed by atoms with Crippen molar-refractivity contribution in [3.8, 4) is 0 Å². The Hall–Kier alpha value is -3.01. The maximum absolute atomic E-state index is 12.0. The second-order valence-corrected chi connectivity index (χ2v) is 8.59. The minimum Gasteiger partial charge on any atom is -0.481 e. The number of rotatable bonds is 12. The van der Waals surface area contributed by atoms with Crippen molar-refractivity contribution in [2.24, 2.45) is 5.92 Å². The van der Waals surface area contributed by atoms with Gasteiger partial charge in [0.25, 0.3) is 0 Å². The molecule has 168 valence electrons. The molecular weight excluding hydrogens is 424 g/mol. The number of aromatic nitrogens is 1. The van der Waals surface area contributed by atoms with Gasteiger partial charge in [-0.1, -0.05) is 38.1 Å². The van der Waals surface area contributed by atoms with E-state index < -0.39 is 30.0 Å². The van der Waals surface area contributed by atoms with Crippen molar-refractivity contribution in [3.05, 3.63) is 30.5 Å². The number of nitrogens with zero attached hydrogens (tertiary/aromatic N) is 1. The number of hydrogen-bond donors (Lipinski definition) is 4. The van der Waals surface area contributed by atoms with Gasteiger partial charge in [0.15, 0.2) is 0 Å². The van der Waals surface area contributed by atoms with E-state index in [0.29, 0.717) is 5.03 Å². The lowest BCUT2D eigenvalue weighted by Crippen LogP contribution is -2.43. The minimum atomic E-state index is -1.19. The number of nitrogens with one attached hydrogen (secondary N) is 1. The molecule has 2 rings (SSSR count). The van der Waals surface area contributed by atoms with Crippen LogP contribution in [-0.2, 0) is 19.2 Å². The standard InChI is InChI=1S/C21H26N2O7S/c1-12(2)9-17(24)22-15(20(27)28)11-31-19-14-6-4-3-5-13(14)10-23(19)16(21(29)30)7-8-18(25)26/h3-6,10,12,15-16H,7-9,11H2,1-2H3,(H,22,24)(H,25,26)(H,27,28)(H,29,30)/t15-,16?/m0/s1. The summed E-state index contributed by atoms with van der Waals surface area (Å²) in [5.41, 5.74) is 0. The SMILES string of the molecule is CC(C)CC(=O)N[C@@H](CSc1c2ccccc2cn1C(CCC(=O)O)C(=O)O)C(=O)O. The van der Waals surface area contributed by atoms with Crippen molar-refractivity contribution < 1.29 is 34.5 Å². The normalized spacial score (nSPS) is 13.1. The predicted molar refractivity (Wildman–Crippen MR) is 115 cm³/mol. The number of carboxylic acid groups (broad SMARTS) is 3. The van der Waals surface area contributed by atoms with Gasteiger partial charge in [-0.15, -0.1) is 11.8 Å². The molecule has 0 radical (unpaired) electrons. The third-order valence-electron chi connectivity index (χ3n) is 4.57. The first-order chi connectivity index (χ1) is 14.6. The molecule has 1 heterocycles. The lowest BCUT2D eigenvalue weighted by molar-refractivity contribution is -0.142. The van der Waals surface area contributed by atoms with E-state index in [1.165, 1.54) is 4.57 Å². The third kappa shape index (κ3) is 6.74. The Morgan fingerprint density at radius 2 is 1.74 bits per heavy atom. The third-order valence-corrected chi connectivity index (χ3v) is 5.77. The van der Waals surface area contributed by atoms with Gasteiger partial charge in [0.1, 0.15) is 12.1 Å². The van der Waals surface area contributed by atoms with Crippen LogP contribution in [0.15, 0.2) is 35.5 Å². The van der Waals surface area contributed by atoms with Crippen molar-refractivity contribution in [3.63, 3.8) is 0 Å². The topological polar surface area (TPSA) is 146 Å². The molecule has 0 aliphatic heterocycles. The van der Waals surface area contributed by atoms with Crippen molar-refractivity contribution in [2.75, 3.05) is 5.75 Å². The van der Waals surface area contributed by atoms with Crippen LogP contribution in [0.3, 0.4) is 0 Å². The molecule has 1 aromatic heterocycles. The Balaban J connectivity index is 2.33. The highest BCUT2D eigenvalue weighted by molar-refractivity contribution is 7.99. The highest BCUT2D eigenvalue weighted by atomic mass is 32.2. The lowest BCUT2D eigenvalue weighted by Gasteiger charge is -2.19. The average Bonchev–Trinajstić information content (AvgIpc) is 3.02. The number of thioether (sulfide) groups is 1. The Kier molecular flexibility index (Phi) is 8.49. The zero-order valence-corrected chi connectivity index (χ0v) is 18.1. The fourth-order valence-corrected chi connectivity index (χ4v) is 4.36. The van der Waals surface area contributed by atoms with Crippen molar-refractivity contribution >= 4 is 46.3 Å². The van der Waals surface area contributed by atoms with E-state index in [-0.39, 0.29) is 36.8 Å². The summed E-state index contributed by atoms with van der Waals surface area (Å²) in [5.74, 6) is -3.77. The van der Waals surface area contributed by atoms with Gasteiger partial charge < -0.3 is 25.2 Å². The summed E-state index contributed by atoms with van der Waals surface area (Å²) in [6, 6.07) is 4.89. The first-order valence-electron chi connectivity index (χ1n) is 9.79. The van der Waals surface area contributed by atoms with Crippen LogP contribution in [0.5, 0.6) is 0 Å². The predicted octanol–water partition coefficient (Wildman–Crippen LogP) is 2.84. The zero-order valence-electron chi connectivity index (χ0n) is 17.3. The van der Waals surface area contributed by atoms with Gasteiger partial charge in [-0.2, -0.15) is 0 Å². The quantitative estimate of drug-likeness (QED) is 0.361. The van der Waals surface area contributed by atoms with E-state index >= 15 is 0 Å². The van der Waals surface area contributed by atoms with Gasteiger partial charge in [0.05, 0.1) is 5.03 Å². The fourth-order valence-electron chi connectivity index (χ4n) is 3.14. The van der Waals surface area contributed by atoms with E-state index in [0.717, 1.165) is 22.5 Å². The summed E-state index contributed by atoms with van der Waals surface area (Å²) >= 11 is 1.12. The number of hydrogen-bond acceptors (Lipinski definition) is 5. The number of aliphatic carboxylic acids is 3. The highest BCUT2D eigenvalue weighted by Crippen LogP contribution is 2.34. The molecule has 1 aromatic carbocycles. The summed E-state index contributed by atoms with van der Waals surface area (Å²) in [6.07, 6.45) is 1.39. The Labute approximate surface area is 183 Å². The molecule has 2 aromatic rings. The molecule has 0 aliphatic rings. The maximum Gasteiger partial charge on any atom is 0.327 e. The molecule has 1 unspecified atom stereocenters. The zero-order chi connectivity index (χ0) is 23.1. The van der Waals surface area contributed by atoms with Gasteiger partial charge >= 0.3 is 17.9 Å². The molecule has 0 spiro atoms. The van der Waals surface area contributed by atoms with Crippen molar-refractivity contribution in [1.29, 1.82) is 0 Å². The van der Waals surface area contributed by atoms with Crippen LogP contribution in [0.25, 0.3) is 10.8 Å². The fraction of sp³-hybridized carbons (Fsp3) is 0.429. The smallest absolute Gasteiger partial charge is 0.327 e. The number of carbonyl (C=O) groups excluding carboxylic acids is 1. The van der Waals surface area contributed by atoms with Gasteiger partial charge in [0.2, 0.25) is 5.91 Å². The molecule has 10 heteroatoms. The van der Waals surface area contributed by atoms with Crippen LogP contribution in [0.2, 0.25) is 0 Å². The first-order valence-corrected chi connectivity index (χ1v) is 10.8. The van der Waals surface area contributed by atoms with Crippen LogP contribution in [0, 0.1) is 5.92 Å². The summed E-state index contributed by atoms with van der Waals surface area (Å²) < 4.78 is 1.48. The molecule has 0 aliphatic carbocycles. The van der Waals surface area contributed by atoms with E-state index in [1.54, 1.807) is 30.5 Å². The largest absolute Gasteiger partial charge is 0.481 e. The molecule has 4 N–H and O–H groups in total. The molecule has 9 nitrogen and oxygen atoms in total. The van der Waals surface area contributed by atoms with E-state index in [9.17, 15) is 29.4 Å². The lowest BCUT2D eigenvalue weighted by atomic mass is 10.1. The first kappa shape index (κ1) is 24.3. The Morgan fingerprint density at radius 3 is 2.32 bits per heavy atom. The summed E-state index contributed by atoms with van der Waals surface area (Å²) in [6.45, 7) is 3.71. The molecule has 2 atom stereocenters. The minimum absolute atomic E-state index is 0.0154. The van der Waals surface area contributed by atoms with Gasteiger partial charge in [-0.05, 0) is 12.3 Å². The van der Waals surface area contributed by atoms with Crippen LogP contribution < -0.4 is 5.32 Å². The monoisotopic (exact) mass is 450 g/mol. The second kappa shape index (κ2) is 10.9. The van der Waals surface area contributed by atoms with Crippen LogP contribution in [0.1, 0.15) is 39.2 Å². The van der Waals surface area contributed by atoms with Crippen LogP contribution in [0.4, 0.5) is 0 Å². The molecule has 0 fully saturated rings. The Morgan fingerprint density at radius 1 is 1.06 bits per heavy atom. The maximum atomic E-state index is 12.0. The Bertz CT molecular complexity index is 970. The van der Waals surface area contributed by atoms with E-state index in [4.69, 9.17) is 5.11 Å². The van der Waals surface area contributed by atoms with Crippen LogP contribution in [-0.4, -0.2) is 55.5 Å². The summed E-state index contributed by atoms with van der Waals surface area (Å²) in [7, 11) is 0. The number of fused-ring (bicyclic) bond motifs is 1. The number of benzene rings is 1. The number of carbonyl (C=O) groups is 4. The van der Waals surface area contributed by atoms with Crippen LogP contribution >= 0.6 is 11.8 Å². The molecular formula is C21H26N2O7S. The summed E-state index contributed by atoms with van der Waals surface area (Å²) in [5, 5.41) is 32.7. The molecule has 31 heavy (non-hydrogen) atoms. The molecule has 0 bridgehead atoms. The van der Waals surface area contributed by atoms with Gasteiger partial charge in [-0.3, -0.25) is 9.59 Å². The van der Waals surface area contributed by atoms with Crippen molar-refractivity contribution in [1.82, 2.24) is 9.88 Å². The van der Waals surface area contributed by atoms with E-state index in [2.05, 4.69) is 5.32 Å². The van der Waals surface area contributed by atoms with E-state index in [1.807, 2.05) is 13.8 Å². The van der Waals surface area contributed by atoms with Gasteiger partial charge in [0, 0.05) is 35.6 Å². The van der Waals surface area contributed by atoms with Gasteiger partial charge in [-0.25, -0.2) is 9.59 Å².